The van der Waals surface area contributed by atoms with Crippen molar-refractivity contribution in [3.05, 3.63) is 48.0 Å². The standard InChI is InChI=1S/C19H22N2O5S/c1-25-17-6-4-3-5-14(17)7-10-19(22)20-15-8-9-18-16(13-15)21(11-12-26-18)27(2,23)24/h3-6,8-9,13H,7,10-12H2,1-2H3,(H,20,22). The van der Waals surface area contributed by atoms with Crippen molar-refractivity contribution in [2.24, 2.45) is 0 Å². The number of ether oxygens (including phenoxy) is 2. The molecule has 0 saturated heterocycles. The largest absolute Gasteiger partial charge is 0.496 e. The van der Waals surface area contributed by atoms with E-state index in [-0.39, 0.29) is 18.9 Å². The highest BCUT2D eigenvalue weighted by Crippen LogP contribution is 2.35. The van der Waals surface area contributed by atoms with Crippen LogP contribution in [0.1, 0.15) is 12.0 Å². The number of carbonyl (C=O) groups is 1. The SMILES string of the molecule is COc1ccccc1CCC(=O)Nc1ccc2c(c1)N(S(C)(=O)=O)CCO2. The minimum Gasteiger partial charge on any atom is -0.496 e. The third-order valence-corrected chi connectivity index (χ3v) is 5.46. The van der Waals surface area contributed by atoms with Gasteiger partial charge in [-0.15, -0.1) is 0 Å². The van der Waals surface area contributed by atoms with Gasteiger partial charge in [-0.25, -0.2) is 8.42 Å². The summed E-state index contributed by atoms with van der Waals surface area (Å²) in [5.74, 6) is 1.07. The average Bonchev–Trinajstić information content (AvgIpc) is 2.65. The van der Waals surface area contributed by atoms with Gasteiger partial charge >= 0.3 is 0 Å². The first-order chi connectivity index (χ1) is 12.9. The Kier molecular flexibility index (Phi) is 5.55. The van der Waals surface area contributed by atoms with E-state index >= 15 is 0 Å². The van der Waals surface area contributed by atoms with Crippen LogP contribution >= 0.6 is 0 Å². The van der Waals surface area contributed by atoms with E-state index in [0.717, 1.165) is 17.6 Å². The Labute approximate surface area is 158 Å². The number of nitrogens with one attached hydrogen (secondary N) is 1. The number of methoxy groups -OCH3 is 1. The van der Waals surface area contributed by atoms with Crippen LogP contribution in [0.15, 0.2) is 42.5 Å². The van der Waals surface area contributed by atoms with Crippen LogP contribution in [0.2, 0.25) is 0 Å². The van der Waals surface area contributed by atoms with Crippen molar-refractivity contribution in [2.75, 3.05) is 36.1 Å². The number of para-hydroxylation sites is 1. The first-order valence-corrected chi connectivity index (χ1v) is 10.4. The van der Waals surface area contributed by atoms with Gasteiger partial charge in [0.05, 0.1) is 25.6 Å². The van der Waals surface area contributed by atoms with Gasteiger partial charge in [0.2, 0.25) is 15.9 Å². The van der Waals surface area contributed by atoms with E-state index in [2.05, 4.69) is 5.32 Å². The van der Waals surface area contributed by atoms with Crippen molar-refractivity contribution in [2.45, 2.75) is 12.8 Å². The second-order valence-electron chi connectivity index (χ2n) is 6.23. The van der Waals surface area contributed by atoms with E-state index in [1.54, 1.807) is 25.3 Å². The Hall–Kier alpha value is -2.74. The molecule has 1 heterocycles. The van der Waals surface area contributed by atoms with Crippen molar-refractivity contribution < 1.29 is 22.7 Å². The number of hydrogen-bond donors (Lipinski definition) is 1. The molecule has 3 rings (SSSR count). The Morgan fingerprint density at radius 3 is 2.78 bits per heavy atom. The number of sulfonamides is 1. The molecule has 1 N–H and O–H groups in total. The number of hydrogen-bond acceptors (Lipinski definition) is 5. The zero-order chi connectivity index (χ0) is 19.4. The Balaban J connectivity index is 1.70. The number of fused-ring (bicyclic) bond motifs is 1. The number of aryl methyl sites for hydroxylation is 1. The van der Waals surface area contributed by atoms with E-state index in [4.69, 9.17) is 9.47 Å². The maximum Gasteiger partial charge on any atom is 0.232 e. The van der Waals surface area contributed by atoms with E-state index in [1.807, 2.05) is 24.3 Å². The summed E-state index contributed by atoms with van der Waals surface area (Å²) < 4.78 is 36.0. The number of anilines is 2. The predicted molar refractivity (Wildman–Crippen MR) is 104 cm³/mol. The van der Waals surface area contributed by atoms with Gasteiger partial charge in [0.1, 0.15) is 18.1 Å². The normalized spacial score (nSPS) is 13.5. The zero-order valence-electron chi connectivity index (χ0n) is 15.3. The lowest BCUT2D eigenvalue weighted by Gasteiger charge is -2.29. The van der Waals surface area contributed by atoms with Crippen molar-refractivity contribution >= 4 is 27.3 Å². The topological polar surface area (TPSA) is 84.9 Å². The van der Waals surface area contributed by atoms with Crippen LogP contribution in [0.5, 0.6) is 11.5 Å². The van der Waals surface area contributed by atoms with E-state index in [9.17, 15) is 13.2 Å². The van der Waals surface area contributed by atoms with Crippen LogP contribution in [-0.4, -0.2) is 40.8 Å². The summed E-state index contributed by atoms with van der Waals surface area (Å²) >= 11 is 0. The molecule has 8 heteroatoms. The lowest BCUT2D eigenvalue weighted by molar-refractivity contribution is -0.116. The smallest absolute Gasteiger partial charge is 0.232 e. The fraction of sp³-hybridized carbons (Fsp3) is 0.316. The molecule has 0 saturated carbocycles. The van der Waals surface area contributed by atoms with Gasteiger partial charge in [0, 0.05) is 12.1 Å². The highest BCUT2D eigenvalue weighted by Gasteiger charge is 2.25. The Morgan fingerprint density at radius 1 is 1.26 bits per heavy atom. The van der Waals surface area contributed by atoms with E-state index in [0.29, 0.717) is 30.2 Å². The van der Waals surface area contributed by atoms with Crippen molar-refractivity contribution in [1.82, 2.24) is 0 Å². The number of benzene rings is 2. The van der Waals surface area contributed by atoms with Crippen LogP contribution < -0.4 is 19.1 Å². The second-order valence-corrected chi connectivity index (χ2v) is 8.13. The van der Waals surface area contributed by atoms with Gasteiger partial charge < -0.3 is 14.8 Å². The minimum atomic E-state index is -3.41. The second kappa shape index (κ2) is 7.87. The number of nitrogens with zero attached hydrogens (tertiary/aromatic N) is 1. The van der Waals surface area contributed by atoms with Crippen molar-refractivity contribution in [3.63, 3.8) is 0 Å². The molecule has 0 spiro atoms. The van der Waals surface area contributed by atoms with Crippen LogP contribution in [0.3, 0.4) is 0 Å². The molecule has 0 aromatic heterocycles. The lowest BCUT2D eigenvalue weighted by Crippen LogP contribution is -2.37. The molecule has 0 radical (unpaired) electrons. The maximum absolute atomic E-state index is 12.3. The molecule has 7 nitrogen and oxygen atoms in total. The van der Waals surface area contributed by atoms with Crippen LogP contribution in [0.25, 0.3) is 0 Å². The monoisotopic (exact) mass is 390 g/mol. The zero-order valence-corrected chi connectivity index (χ0v) is 16.1. The number of rotatable bonds is 6. The highest BCUT2D eigenvalue weighted by molar-refractivity contribution is 7.92. The molecule has 1 amide bonds. The highest BCUT2D eigenvalue weighted by atomic mass is 32.2. The molecule has 0 aliphatic carbocycles. The molecular formula is C19H22N2O5S. The van der Waals surface area contributed by atoms with Gasteiger partial charge in [-0.3, -0.25) is 9.10 Å². The minimum absolute atomic E-state index is 0.163. The first kappa shape index (κ1) is 19.0. The molecule has 2 aromatic carbocycles. The van der Waals surface area contributed by atoms with Gasteiger partial charge in [0.25, 0.3) is 0 Å². The number of amides is 1. The summed E-state index contributed by atoms with van der Waals surface area (Å²) in [6.45, 7) is 0.543. The third kappa shape index (κ3) is 4.51. The Morgan fingerprint density at radius 2 is 2.04 bits per heavy atom. The van der Waals surface area contributed by atoms with Crippen LogP contribution in [0.4, 0.5) is 11.4 Å². The fourth-order valence-electron chi connectivity index (χ4n) is 3.00. The Bertz CT molecular complexity index is 943. The van der Waals surface area contributed by atoms with Crippen molar-refractivity contribution in [3.8, 4) is 11.5 Å². The summed E-state index contributed by atoms with van der Waals surface area (Å²) in [4.78, 5) is 12.3. The molecular weight excluding hydrogens is 368 g/mol. The molecule has 1 aliphatic heterocycles. The summed E-state index contributed by atoms with van der Waals surface area (Å²) in [5.41, 5.74) is 1.92. The molecule has 0 unspecified atom stereocenters. The summed E-state index contributed by atoms with van der Waals surface area (Å²) in [6, 6.07) is 12.6. The quantitative estimate of drug-likeness (QED) is 0.819. The molecule has 0 atom stereocenters. The van der Waals surface area contributed by atoms with Crippen LogP contribution in [0, 0.1) is 0 Å². The number of carbonyl (C=O) groups excluding carboxylic acids is 1. The van der Waals surface area contributed by atoms with E-state index in [1.165, 1.54) is 4.31 Å². The van der Waals surface area contributed by atoms with Gasteiger partial charge in [0.15, 0.2) is 0 Å². The molecule has 0 fully saturated rings. The summed E-state index contributed by atoms with van der Waals surface area (Å²) in [5, 5.41) is 2.81. The third-order valence-electron chi connectivity index (χ3n) is 4.28. The van der Waals surface area contributed by atoms with Gasteiger partial charge in [-0.2, -0.15) is 0 Å². The van der Waals surface area contributed by atoms with E-state index < -0.39 is 10.0 Å². The first-order valence-electron chi connectivity index (χ1n) is 8.55. The lowest BCUT2D eigenvalue weighted by atomic mass is 10.1. The molecule has 1 aliphatic rings. The van der Waals surface area contributed by atoms with Gasteiger partial charge in [-0.1, -0.05) is 18.2 Å². The summed E-state index contributed by atoms with van der Waals surface area (Å²) in [7, 11) is -1.81. The van der Waals surface area contributed by atoms with Crippen molar-refractivity contribution in [1.29, 1.82) is 0 Å². The molecule has 0 bridgehead atoms. The average molecular weight is 390 g/mol. The van der Waals surface area contributed by atoms with Gasteiger partial charge in [-0.05, 0) is 36.2 Å². The van der Waals surface area contributed by atoms with Crippen LogP contribution in [-0.2, 0) is 21.2 Å². The fourth-order valence-corrected chi connectivity index (χ4v) is 3.90. The summed E-state index contributed by atoms with van der Waals surface area (Å²) in [6.07, 6.45) is 1.98. The molecule has 27 heavy (non-hydrogen) atoms. The molecule has 2 aromatic rings. The molecule has 144 valence electrons. The maximum atomic E-state index is 12.3. The predicted octanol–water partition coefficient (Wildman–Crippen LogP) is 2.42.